The van der Waals surface area contributed by atoms with Gasteiger partial charge in [-0.05, 0) is 17.7 Å². The highest BCUT2D eigenvalue weighted by Crippen LogP contribution is 2.37. The summed E-state index contributed by atoms with van der Waals surface area (Å²) in [6, 6.07) is 7.72. The molecular formula is C14H9Cl2F3O3. The molecule has 0 fully saturated rings. The van der Waals surface area contributed by atoms with Gasteiger partial charge in [0.05, 0.1) is 10.0 Å². The fraction of sp³-hybridized carbons (Fsp3) is 0.143. The van der Waals surface area contributed by atoms with E-state index in [0.717, 1.165) is 0 Å². The Morgan fingerprint density at radius 1 is 1.00 bits per heavy atom. The molecule has 0 heterocycles. The van der Waals surface area contributed by atoms with Gasteiger partial charge >= 0.3 is 6.36 Å². The van der Waals surface area contributed by atoms with Gasteiger partial charge < -0.3 is 14.6 Å². The van der Waals surface area contributed by atoms with E-state index in [2.05, 4.69) is 4.74 Å². The van der Waals surface area contributed by atoms with Crippen LogP contribution < -0.4 is 9.47 Å². The quantitative estimate of drug-likeness (QED) is 0.824. The molecule has 0 unspecified atom stereocenters. The van der Waals surface area contributed by atoms with Crippen molar-refractivity contribution in [2.75, 3.05) is 0 Å². The van der Waals surface area contributed by atoms with Gasteiger partial charge in [-0.3, -0.25) is 0 Å². The Morgan fingerprint density at radius 3 is 2.05 bits per heavy atom. The maximum Gasteiger partial charge on any atom is 0.573 e. The summed E-state index contributed by atoms with van der Waals surface area (Å²) in [4.78, 5) is 0. The van der Waals surface area contributed by atoms with Crippen LogP contribution in [0.5, 0.6) is 17.2 Å². The zero-order valence-electron chi connectivity index (χ0n) is 10.8. The molecule has 0 aliphatic rings. The van der Waals surface area contributed by atoms with E-state index in [1.807, 2.05) is 0 Å². The standard InChI is InChI=1S/C14H9Cl2F3O3/c15-11-5-9(20)6-12(16)13(11)21-7-8-1-3-10(4-2-8)22-14(17,18)19/h1-6,20H,7H2. The van der Waals surface area contributed by atoms with Crippen LogP contribution in [0.4, 0.5) is 13.2 Å². The summed E-state index contributed by atoms with van der Waals surface area (Å²) >= 11 is 11.8. The predicted octanol–water partition coefficient (Wildman–Crippen LogP) is 5.18. The van der Waals surface area contributed by atoms with Gasteiger partial charge in [-0.1, -0.05) is 35.3 Å². The number of phenolic OH excluding ortho intramolecular Hbond substituents is 1. The van der Waals surface area contributed by atoms with Crippen LogP contribution in [-0.4, -0.2) is 11.5 Å². The first kappa shape index (κ1) is 16.6. The zero-order valence-corrected chi connectivity index (χ0v) is 12.3. The predicted molar refractivity (Wildman–Crippen MR) is 75.6 cm³/mol. The second-order valence-electron chi connectivity index (χ2n) is 4.22. The molecule has 0 amide bonds. The monoisotopic (exact) mass is 352 g/mol. The summed E-state index contributed by atoms with van der Waals surface area (Å²) in [6.45, 7) is 0.0382. The summed E-state index contributed by atoms with van der Waals surface area (Å²) in [6.07, 6.45) is -4.73. The van der Waals surface area contributed by atoms with Crippen molar-refractivity contribution in [2.24, 2.45) is 0 Å². The molecule has 0 saturated carbocycles. The molecule has 0 spiro atoms. The van der Waals surface area contributed by atoms with E-state index in [1.54, 1.807) is 0 Å². The highest BCUT2D eigenvalue weighted by Gasteiger charge is 2.30. The molecule has 0 saturated heterocycles. The maximum atomic E-state index is 12.0. The van der Waals surface area contributed by atoms with Gasteiger partial charge in [-0.15, -0.1) is 13.2 Å². The van der Waals surface area contributed by atoms with Crippen molar-refractivity contribution in [3.05, 3.63) is 52.0 Å². The summed E-state index contributed by atoms with van der Waals surface area (Å²) in [5.41, 5.74) is 0.592. The van der Waals surface area contributed by atoms with Crippen molar-refractivity contribution >= 4 is 23.2 Å². The average molecular weight is 353 g/mol. The highest BCUT2D eigenvalue weighted by molar-refractivity contribution is 6.37. The Kier molecular flexibility index (Phi) is 4.93. The fourth-order valence-electron chi connectivity index (χ4n) is 1.63. The average Bonchev–Trinajstić information content (AvgIpc) is 2.37. The molecule has 0 bridgehead atoms. The topological polar surface area (TPSA) is 38.7 Å². The summed E-state index contributed by atoms with van der Waals surface area (Å²) in [7, 11) is 0. The lowest BCUT2D eigenvalue weighted by molar-refractivity contribution is -0.274. The Labute approximate surface area is 133 Å². The Bertz CT molecular complexity index is 634. The van der Waals surface area contributed by atoms with E-state index in [0.29, 0.717) is 5.56 Å². The Balaban J connectivity index is 2.03. The lowest BCUT2D eigenvalue weighted by atomic mass is 10.2. The first-order chi connectivity index (χ1) is 10.2. The summed E-state index contributed by atoms with van der Waals surface area (Å²) in [5.74, 6) is -0.246. The van der Waals surface area contributed by atoms with Crippen LogP contribution in [0.25, 0.3) is 0 Å². The van der Waals surface area contributed by atoms with E-state index >= 15 is 0 Å². The fourth-order valence-corrected chi connectivity index (χ4v) is 2.21. The van der Waals surface area contributed by atoms with E-state index in [9.17, 15) is 18.3 Å². The van der Waals surface area contributed by atoms with Gasteiger partial charge in [-0.2, -0.15) is 0 Å². The van der Waals surface area contributed by atoms with Gasteiger partial charge in [0.15, 0.2) is 5.75 Å². The number of alkyl halides is 3. The van der Waals surface area contributed by atoms with Crippen LogP contribution in [0.1, 0.15) is 5.56 Å². The minimum Gasteiger partial charge on any atom is -0.508 e. The number of rotatable bonds is 4. The van der Waals surface area contributed by atoms with Crippen molar-refractivity contribution in [3.8, 4) is 17.2 Å². The molecule has 118 valence electrons. The van der Waals surface area contributed by atoms with Crippen molar-refractivity contribution in [2.45, 2.75) is 13.0 Å². The third kappa shape index (κ3) is 4.61. The number of halogens is 5. The molecular weight excluding hydrogens is 344 g/mol. The number of phenols is 1. The smallest absolute Gasteiger partial charge is 0.508 e. The molecule has 22 heavy (non-hydrogen) atoms. The zero-order chi connectivity index (χ0) is 16.3. The van der Waals surface area contributed by atoms with Gasteiger partial charge in [0.25, 0.3) is 0 Å². The molecule has 2 aromatic carbocycles. The number of hydrogen-bond acceptors (Lipinski definition) is 3. The summed E-state index contributed by atoms with van der Waals surface area (Å²) in [5, 5.41) is 9.55. The molecule has 0 atom stereocenters. The normalized spacial score (nSPS) is 11.3. The molecule has 1 N–H and O–H groups in total. The van der Waals surface area contributed by atoms with E-state index in [1.165, 1.54) is 36.4 Å². The van der Waals surface area contributed by atoms with Crippen molar-refractivity contribution in [1.29, 1.82) is 0 Å². The second kappa shape index (κ2) is 6.54. The van der Waals surface area contributed by atoms with Gasteiger partial charge in [0, 0.05) is 12.1 Å². The van der Waals surface area contributed by atoms with Crippen LogP contribution in [-0.2, 0) is 6.61 Å². The third-order valence-corrected chi connectivity index (χ3v) is 3.08. The highest BCUT2D eigenvalue weighted by atomic mass is 35.5. The molecule has 8 heteroatoms. The first-order valence-corrected chi connectivity index (χ1v) is 6.66. The largest absolute Gasteiger partial charge is 0.573 e. The maximum absolute atomic E-state index is 12.0. The number of benzene rings is 2. The van der Waals surface area contributed by atoms with Gasteiger partial charge in [0.1, 0.15) is 18.1 Å². The van der Waals surface area contributed by atoms with Crippen LogP contribution in [0.15, 0.2) is 36.4 Å². The molecule has 2 aromatic rings. The van der Waals surface area contributed by atoms with E-state index in [4.69, 9.17) is 27.9 Å². The minimum atomic E-state index is -4.73. The number of aromatic hydroxyl groups is 1. The molecule has 2 rings (SSSR count). The summed E-state index contributed by atoms with van der Waals surface area (Å²) < 4.78 is 45.3. The molecule has 0 aromatic heterocycles. The van der Waals surface area contributed by atoms with Crippen LogP contribution >= 0.6 is 23.2 Å². The SMILES string of the molecule is Oc1cc(Cl)c(OCc2ccc(OC(F)(F)F)cc2)c(Cl)c1. The van der Waals surface area contributed by atoms with Crippen LogP contribution in [0.2, 0.25) is 10.0 Å². The van der Waals surface area contributed by atoms with Gasteiger partial charge in [0.2, 0.25) is 0 Å². The van der Waals surface area contributed by atoms with E-state index < -0.39 is 6.36 Å². The van der Waals surface area contributed by atoms with Crippen molar-refractivity contribution < 1.29 is 27.8 Å². The molecule has 3 nitrogen and oxygen atoms in total. The number of ether oxygens (including phenoxy) is 2. The molecule has 0 aliphatic heterocycles. The molecule has 0 radical (unpaired) electrons. The minimum absolute atomic E-state index is 0.0382. The van der Waals surface area contributed by atoms with Gasteiger partial charge in [-0.25, -0.2) is 0 Å². The molecule has 0 aliphatic carbocycles. The third-order valence-electron chi connectivity index (χ3n) is 2.52. The first-order valence-electron chi connectivity index (χ1n) is 5.90. The second-order valence-corrected chi connectivity index (χ2v) is 5.03. The van der Waals surface area contributed by atoms with Crippen molar-refractivity contribution in [1.82, 2.24) is 0 Å². The van der Waals surface area contributed by atoms with Crippen molar-refractivity contribution in [3.63, 3.8) is 0 Å². The number of hydrogen-bond donors (Lipinski definition) is 1. The Morgan fingerprint density at radius 2 is 1.55 bits per heavy atom. The van der Waals surface area contributed by atoms with Crippen LogP contribution in [0, 0.1) is 0 Å². The Hall–Kier alpha value is -1.79. The van der Waals surface area contributed by atoms with E-state index in [-0.39, 0.29) is 33.9 Å². The van der Waals surface area contributed by atoms with Crippen LogP contribution in [0.3, 0.4) is 0 Å². The lowest BCUT2D eigenvalue weighted by Gasteiger charge is -2.12. The lowest BCUT2D eigenvalue weighted by Crippen LogP contribution is -2.17.